The van der Waals surface area contributed by atoms with Gasteiger partial charge in [0.25, 0.3) is 5.91 Å². The first kappa shape index (κ1) is 15.8. The zero-order valence-electron chi connectivity index (χ0n) is 14.0. The number of hydrogen-bond acceptors (Lipinski definition) is 3. The van der Waals surface area contributed by atoms with E-state index in [1.54, 1.807) is 0 Å². The molecule has 3 rings (SSSR count). The molecule has 0 bridgehead atoms. The predicted octanol–water partition coefficient (Wildman–Crippen LogP) is 1.71. The smallest absolute Gasteiger partial charge is 0.264 e. The minimum Gasteiger partial charge on any atom is -0.480 e. The van der Waals surface area contributed by atoms with Gasteiger partial charge >= 0.3 is 0 Å². The van der Waals surface area contributed by atoms with Crippen molar-refractivity contribution in [2.75, 3.05) is 26.2 Å². The second kappa shape index (κ2) is 5.87. The normalized spacial score (nSPS) is 20.9. The first-order valence-electron chi connectivity index (χ1n) is 8.19. The minimum absolute atomic E-state index is 0.0315. The number of carbonyl (C=O) groups is 2. The van der Waals surface area contributed by atoms with Crippen LogP contribution in [0.15, 0.2) is 24.3 Å². The van der Waals surface area contributed by atoms with Gasteiger partial charge in [-0.3, -0.25) is 9.59 Å². The molecule has 2 heterocycles. The van der Waals surface area contributed by atoms with Gasteiger partial charge in [0.15, 0.2) is 6.10 Å². The number of piperazine rings is 1. The third kappa shape index (κ3) is 3.19. The van der Waals surface area contributed by atoms with E-state index < -0.39 is 6.10 Å². The molecule has 0 saturated carbocycles. The SMILES string of the molecule is CC(C)(C)C(=O)N1CCN(C(=O)C2Cc3ccccc3O2)CC1. The van der Waals surface area contributed by atoms with Gasteiger partial charge in [-0.15, -0.1) is 0 Å². The van der Waals surface area contributed by atoms with Gasteiger partial charge < -0.3 is 14.5 Å². The van der Waals surface area contributed by atoms with E-state index in [9.17, 15) is 9.59 Å². The fourth-order valence-electron chi connectivity index (χ4n) is 3.13. The van der Waals surface area contributed by atoms with Gasteiger partial charge in [-0.2, -0.15) is 0 Å². The molecule has 124 valence electrons. The Morgan fingerprint density at radius 3 is 2.26 bits per heavy atom. The molecule has 1 aromatic carbocycles. The van der Waals surface area contributed by atoms with E-state index in [4.69, 9.17) is 4.74 Å². The second-order valence-electron chi connectivity index (χ2n) is 7.29. The summed E-state index contributed by atoms with van der Waals surface area (Å²) in [5, 5.41) is 0. The summed E-state index contributed by atoms with van der Waals surface area (Å²) < 4.78 is 5.78. The summed E-state index contributed by atoms with van der Waals surface area (Å²) >= 11 is 0. The molecule has 1 unspecified atom stereocenters. The molecule has 5 heteroatoms. The summed E-state index contributed by atoms with van der Waals surface area (Å²) in [6.07, 6.45) is 0.216. The van der Waals surface area contributed by atoms with E-state index in [0.29, 0.717) is 32.6 Å². The van der Waals surface area contributed by atoms with Crippen LogP contribution in [0.5, 0.6) is 5.75 Å². The summed E-state index contributed by atoms with van der Waals surface area (Å²) in [6, 6.07) is 7.79. The lowest BCUT2D eigenvalue weighted by atomic mass is 9.94. The summed E-state index contributed by atoms with van der Waals surface area (Å²) in [5.74, 6) is 0.991. The van der Waals surface area contributed by atoms with Crippen LogP contribution in [0.3, 0.4) is 0 Å². The van der Waals surface area contributed by atoms with E-state index in [2.05, 4.69) is 0 Å². The average Bonchev–Trinajstić information content (AvgIpc) is 2.96. The fraction of sp³-hybridized carbons (Fsp3) is 0.556. The summed E-state index contributed by atoms with van der Waals surface area (Å²) in [6.45, 7) is 8.14. The van der Waals surface area contributed by atoms with Crippen molar-refractivity contribution in [3.63, 3.8) is 0 Å². The highest BCUT2D eigenvalue weighted by Crippen LogP contribution is 2.29. The molecule has 0 N–H and O–H groups in total. The molecule has 0 aliphatic carbocycles. The summed E-state index contributed by atoms with van der Waals surface area (Å²) in [5.41, 5.74) is 0.718. The van der Waals surface area contributed by atoms with Crippen LogP contribution in [0.2, 0.25) is 0 Å². The topological polar surface area (TPSA) is 49.9 Å². The van der Waals surface area contributed by atoms with Gasteiger partial charge in [-0.1, -0.05) is 39.0 Å². The molecule has 1 aromatic rings. The standard InChI is InChI=1S/C18H24N2O3/c1-18(2,3)17(22)20-10-8-19(9-11-20)16(21)15-12-13-6-4-5-7-14(13)23-15/h4-7,15H,8-12H2,1-3H3. The lowest BCUT2D eigenvalue weighted by Gasteiger charge is -2.38. The zero-order valence-corrected chi connectivity index (χ0v) is 14.0. The Kier molecular flexibility index (Phi) is 4.04. The van der Waals surface area contributed by atoms with Crippen molar-refractivity contribution < 1.29 is 14.3 Å². The number of carbonyl (C=O) groups excluding carboxylic acids is 2. The highest BCUT2D eigenvalue weighted by molar-refractivity contribution is 5.84. The summed E-state index contributed by atoms with van der Waals surface area (Å²) in [4.78, 5) is 28.6. The molecule has 1 fully saturated rings. The van der Waals surface area contributed by atoms with Crippen molar-refractivity contribution in [3.05, 3.63) is 29.8 Å². The largest absolute Gasteiger partial charge is 0.480 e. The number of ether oxygens (including phenoxy) is 1. The van der Waals surface area contributed by atoms with Crippen molar-refractivity contribution in [1.29, 1.82) is 0 Å². The van der Waals surface area contributed by atoms with E-state index in [0.717, 1.165) is 11.3 Å². The predicted molar refractivity (Wildman–Crippen MR) is 87.2 cm³/mol. The number of para-hydroxylation sites is 1. The van der Waals surface area contributed by atoms with Crippen LogP contribution in [-0.2, 0) is 16.0 Å². The maximum atomic E-state index is 12.6. The summed E-state index contributed by atoms with van der Waals surface area (Å²) in [7, 11) is 0. The van der Waals surface area contributed by atoms with Gasteiger partial charge in [-0.05, 0) is 11.6 Å². The van der Waals surface area contributed by atoms with Crippen molar-refractivity contribution in [2.45, 2.75) is 33.3 Å². The number of hydrogen-bond donors (Lipinski definition) is 0. The minimum atomic E-state index is -0.419. The van der Waals surface area contributed by atoms with E-state index >= 15 is 0 Å². The van der Waals surface area contributed by atoms with Gasteiger partial charge in [0.1, 0.15) is 5.75 Å². The molecule has 2 amide bonds. The van der Waals surface area contributed by atoms with Gasteiger partial charge in [0.05, 0.1) is 0 Å². The maximum absolute atomic E-state index is 12.6. The van der Waals surface area contributed by atoms with Crippen LogP contribution in [0.25, 0.3) is 0 Å². The highest BCUT2D eigenvalue weighted by atomic mass is 16.5. The van der Waals surface area contributed by atoms with Crippen molar-refractivity contribution in [3.8, 4) is 5.75 Å². The number of rotatable bonds is 1. The van der Waals surface area contributed by atoms with Crippen molar-refractivity contribution in [1.82, 2.24) is 9.80 Å². The molecule has 0 aromatic heterocycles. The van der Waals surface area contributed by atoms with Crippen molar-refractivity contribution >= 4 is 11.8 Å². The van der Waals surface area contributed by atoms with E-state index in [-0.39, 0.29) is 17.2 Å². The Morgan fingerprint density at radius 2 is 1.65 bits per heavy atom. The molecule has 23 heavy (non-hydrogen) atoms. The molecular formula is C18H24N2O3. The Hall–Kier alpha value is -2.04. The Bertz CT molecular complexity index is 588. The number of nitrogens with zero attached hydrogens (tertiary/aromatic N) is 2. The molecule has 2 aliphatic rings. The first-order valence-corrected chi connectivity index (χ1v) is 8.19. The van der Waals surface area contributed by atoms with Crippen LogP contribution < -0.4 is 4.74 Å². The van der Waals surface area contributed by atoms with Crippen LogP contribution in [0.1, 0.15) is 26.3 Å². The average molecular weight is 316 g/mol. The monoisotopic (exact) mass is 316 g/mol. The number of amides is 2. The fourth-order valence-corrected chi connectivity index (χ4v) is 3.13. The maximum Gasteiger partial charge on any atom is 0.264 e. The van der Waals surface area contributed by atoms with Crippen LogP contribution >= 0.6 is 0 Å². The first-order chi connectivity index (χ1) is 10.9. The van der Waals surface area contributed by atoms with Crippen LogP contribution in [0.4, 0.5) is 0 Å². The molecule has 2 aliphatic heterocycles. The van der Waals surface area contributed by atoms with Crippen LogP contribution in [0, 0.1) is 5.41 Å². The van der Waals surface area contributed by atoms with E-state index in [1.165, 1.54) is 0 Å². The lowest BCUT2D eigenvalue weighted by Crippen LogP contribution is -2.55. The van der Waals surface area contributed by atoms with Gasteiger partial charge in [-0.25, -0.2) is 0 Å². The third-order valence-corrected chi connectivity index (χ3v) is 4.44. The molecular weight excluding hydrogens is 292 g/mol. The Balaban J connectivity index is 1.57. The van der Waals surface area contributed by atoms with Gasteiger partial charge in [0.2, 0.25) is 5.91 Å². The van der Waals surface area contributed by atoms with Crippen LogP contribution in [-0.4, -0.2) is 53.9 Å². The van der Waals surface area contributed by atoms with Crippen molar-refractivity contribution in [2.24, 2.45) is 5.41 Å². The molecule has 0 radical (unpaired) electrons. The second-order valence-corrected chi connectivity index (χ2v) is 7.29. The highest BCUT2D eigenvalue weighted by Gasteiger charge is 2.35. The molecule has 5 nitrogen and oxygen atoms in total. The zero-order chi connectivity index (χ0) is 16.6. The lowest BCUT2D eigenvalue weighted by molar-refractivity contribution is -0.147. The Morgan fingerprint density at radius 1 is 1.04 bits per heavy atom. The Labute approximate surface area is 137 Å². The quantitative estimate of drug-likeness (QED) is 0.792. The van der Waals surface area contributed by atoms with Gasteiger partial charge in [0, 0.05) is 38.0 Å². The van der Waals surface area contributed by atoms with E-state index in [1.807, 2.05) is 54.8 Å². The number of benzene rings is 1. The molecule has 1 atom stereocenters. The third-order valence-electron chi connectivity index (χ3n) is 4.44. The number of fused-ring (bicyclic) bond motifs is 1. The molecule has 1 saturated heterocycles. The molecule has 0 spiro atoms.